The van der Waals surface area contributed by atoms with Gasteiger partial charge in [-0.15, -0.1) is 6.58 Å². The maximum absolute atomic E-state index is 13.1. The third-order valence-electron chi connectivity index (χ3n) is 5.97. The summed E-state index contributed by atoms with van der Waals surface area (Å²) >= 11 is 0. The molecule has 4 rings (SSSR count). The fraction of sp³-hybridized carbons (Fsp3) is 0.400. The number of aldehydes is 1. The zero-order valence-corrected chi connectivity index (χ0v) is 14.7. The van der Waals surface area contributed by atoms with Crippen LogP contribution in [0.15, 0.2) is 36.9 Å². The van der Waals surface area contributed by atoms with E-state index in [-0.39, 0.29) is 18.5 Å². The molecule has 2 aliphatic heterocycles. The van der Waals surface area contributed by atoms with Crippen LogP contribution < -0.4 is 5.32 Å². The van der Waals surface area contributed by atoms with Gasteiger partial charge in [0.25, 0.3) is 0 Å². The third-order valence-corrected chi connectivity index (χ3v) is 5.97. The first kappa shape index (κ1) is 17.0. The minimum Gasteiger partial charge on any atom is -0.468 e. The molecule has 6 nitrogen and oxygen atoms in total. The number of benzene rings is 1. The number of hydrogen-bond acceptors (Lipinski definition) is 5. The van der Waals surface area contributed by atoms with E-state index in [9.17, 15) is 9.59 Å². The number of para-hydroxylation sites is 1. The number of carbonyl (C=O) groups excluding carboxylic acids is 2. The standard InChI is InChI=1S/C20H22N2O4/c1-3-19-11-21-9-8-16(19)20(12-26-19,18(24)25-2)17-14(10-23)13-6-4-5-7-15(13)22-17/h3-7,10,16,21-22H,1,8-9,11-12H2,2H3. The molecule has 2 aromatic rings. The summed E-state index contributed by atoms with van der Waals surface area (Å²) < 4.78 is 11.4. The maximum Gasteiger partial charge on any atom is 0.320 e. The van der Waals surface area contributed by atoms with Crippen LogP contribution in [0.1, 0.15) is 22.5 Å². The number of nitrogens with one attached hydrogen (secondary N) is 2. The second kappa shape index (κ2) is 6.07. The second-order valence-electron chi connectivity index (χ2n) is 7.01. The van der Waals surface area contributed by atoms with E-state index in [2.05, 4.69) is 16.9 Å². The third kappa shape index (κ3) is 2.06. The van der Waals surface area contributed by atoms with E-state index in [0.29, 0.717) is 17.8 Å². The summed E-state index contributed by atoms with van der Waals surface area (Å²) in [5, 5.41) is 4.12. The Hall–Kier alpha value is -2.44. The van der Waals surface area contributed by atoms with E-state index in [0.717, 1.165) is 30.2 Å². The molecule has 136 valence electrons. The smallest absolute Gasteiger partial charge is 0.320 e. The second-order valence-corrected chi connectivity index (χ2v) is 7.01. The number of aromatic amines is 1. The largest absolute Gasteiger partial charge is 0.468 e. The predicted octanol–water partition coefficient (Wildman–Crippen LogP) is 1.96. The summed E-state index contributed by atoms with van der Waals surface area (Å²) in [6, 6.07) is 7.55. The van der Waals surface area contributed by atoms with Crippen LogP contribution in [-0.2, 0) is 19.7 Å². The van der Waals surface area contributed by atoms with E-state index in [1.165, 1.54) is 7.11 Å². The van der Waals surface area contributed by atoms with Gasteiger partial charge >= 0.3 is 5.97 Å². The number of piperidine rings is 1. The highest BCUT2D eigenvalue weighted by Crippen LogP contribution is 2.52. The van der Waals surface area contributed by atoms with Crippen molar-refractivity contribution in [1.82, 2.24) is 10.3 Å². The van der Waals surface area contributed by atoms with E-state index in [1.54, 1.807) is 6.08 Å². The van der Waals surface area contributed by atoms with Crippen molar-refractivity contribution in [2.75, 3.05) is 26.8 Å². The van der Waals surface area contributed by atoms with Crippen LogP contribution in [0.25, 0.3) is 10.9 Å². The average molecular weight is 354 g/mol. The average Bonchev–Trinajstić information content (AvgIpc) is 3.24. The molecule has 3 atom stereocenters. The summed E-state index contributed by atoms with van der Waals surface area (Å²) in [6.45, 7) is 5.44. The number of H-pyrrole nitrogens is 1. The summed E-state index contributed by atoms with van der Waals surface area (Å²) in [4.78, 5) is 28.4. The van der Waals surface area contributed by atoms with Gasteiger partial charge in [0.05, 0.1) is 13.7 Å². The van der Waals surface area contributed by atoms with Gasteiger partial charge in [-0.05, 0) is 19.0 Å². The SMILES string of the molecule is C=CC12CNCCC1C(C(=O)OC)(c1[nH]c3ccccc3c1C=O)CO2. The lowest BCUT2D eigenvalue weighted by Crippen LogP contribution is -2.56. The molecule has 0 saturated carbocycles. The molecule has 0 aliphatic carbocycles. The molecule has 0 amide bonds. The lowest BCUT2D eigenvalue weighted by Gasteiger charge is -2.41. The first-order valence-corrected chi connectivity index (χ1v) is 8.76. The van der Waals surface area contributed by atoms with Gasteiger partial charge in [-0.25, -0.2) is 0 Å². The topological polar surface area (TPSA) is 80.4 Å². The molecule has 0 radical (unpaired) electrons. The minimum atomic E-state index is -1.07. The van der Waals surface area contributed by atoms with Crippen molar-refractivity contribution >= 4 is 23.2 Å². The summed E-state index contributed by atoms with van der Waals surface area (Å²) in [7, 11) is 1.38. The molecule has 26 heavy (non-hydrogen) atoms. The number of methoxy groups -OCH3 is 1. The number of hydrogen-bond donors (Lipinski definition) is 2. The van der Waals surface area contributed by atoms with Gasteiger partial charge in [0, 0.05) is 34.6 Å². The molecule has 1 aromatic carbocycles. The van der Waals surface area contributed by atoms with Crippen LogP contribution >= 0.6 is 0 Å². The van der Waals surface area contributed by atoms with E-state index < -0.39 is 11.0 Å². The number of esters is 1. The first-order valence-electron chi connectivity index (χ1n) is 8.76. The van der Waals surface area contributed by atoms with Gasteiger partial charge in [0.15, 0.2) is 6.29 Å². The Kier molecular flexibility index (Phi) is 3.97. The van der Waals surface area contributed by atoms with Crippen molar-refractivity contribution in [3.8, 4) is 0 Å². The molecule has 1 aromatic heterocycles. The molecule has 2 aliphatic rings. The van der Waals surface area contributed by atoms with Crippen molar-refractivity contribution in [2.45, 2.75) is 17.4 Å². The highest BCUT2D eigenvalue weighted by atomic mass is 16.5. The molecule has 2 fully saturated rings. The lowest BCUT2D eigenvalue weighted by atomic mass is 9.64. The van der Waals surface area contributed by atoms with Gasteiger partial charge < -0.3 is 19.8 Å². The van der Waals surface area contributed by atoms with Crippen molar-refractivity contribution in [1.29, 1.82) is 0 Å². The van der Waals surface area contributed by atoms with Crippen LogP contribution in [0.4, 0.5) is 0 Å². The Morgan fingerprint density at radius 2 is 2.23 bits per heavy atom. The van der Waals surface area contributed by atoms with E-state index in [1.807, 2.05) is 24.3 Å². The first-order chi connectivity index (χ1) is 12.6. The summed E-state index contributed by atoms with van der Waals surface area (Å²) in [5.74, 6) is -0.559. The molecule has 0 bridgehead atoms. The normalized spacial score (nSPS) is 30.7. The van der Waals surface area contributed by atoms with Crippen molar-refractivity contribution in [2.24, 2.45) is 5.92 Å². The van der Waals surface area contributed by atoms with Crippen LogP contribution in [0, 0.1) is 5.92 Å². The van der Waals surface area contributed by atoms with E-state index >= 15 is 0 Å². The quantitative estimate of drug-likeness (QED) is 0.498. The molecule has 2 saturated heterocycles. The number of carbonyl (C=O) groups is 2. The number of rotatable bonds is 4. The van der Waals surface area contributed by atoms with Crippen LogP contribution in [0.3, 0.4) is 0 Å². The number of ether oxygens (including phenoxy) is 2. The Balaban J connectivity index is 1.99. The van der Waals surface area contributed by atoms with E-state index in [4.69, 9.17) is 9.47 Å². The Labute approximate surface area is 151 Å². The number of aromatic nitrogens is 1. The monoisotopic (exact) mass is 354 g/mol. The fourth-order valence-corrected chi connectivity index (χ4v) is 4.70. The minimum absolute atomic E-state index is 0.145. The van der Waals surface area contributed by atoms with Crippen molar-refractivity contribution < 1.29 is 19.1 Å². The molecule has 3 unspecified atom stereocenters. The number of fused-ring (bicyclic) bond motifs is 2. The molecular weight excluding hydrogens is 332 g/mol. The van der Waals surface area contributed by atoms with Gasteiger partial charge in [0.1, 0.15) is 11.0 Å². The molecule has 0 spiro atoms. The Morgan fingerprint density at radius 1 is 1.42 bits per heavy atom. The Morgan fingerprint density at radius 3 is 2.96 bits per heavy atom. The van der Waals surface area contributed by atoms with Gasteiger partial charge in [0.2, 0.25) is 0 Å². The van der Waals surface area contributed by atoms with Gasteiger partial charge in [-0.2, -0.15) is 0 Å². The zero-order chi connectivity index (χ0) is 18.4. The van der Waals surface area contributed by atoms with Gasteiger partial charge in [-0.1, -0.05) is 24.3 Å². The molecular formula is C20H22N2O4. The highest BCUT2D eigenvalue weighted by Gasteiger charge is 2.64. The van der Waals surface area contributed by atoms with Gasteiger partial charge in [-0.3, -0.25) is 9.59 Å². The molecule has 6 heteroatoms. The predicted molar refractivity (Wildman–Crippen MR) is 97.2 cm³/mol. The summed E-state index contributed by atoms with van der Waals surface area (Å²) in [5.41, 5.74) is 0.159. The van der Waals surface area contributed by atoms with Crippen LogP contribution in [0.2, 0.25) is 0 Å². The molecule has 3 heterocycles. The van der Waals surface area contributed by atoms with Crippen LogP contribution in [0.5, 0.6) is 0 Å². The Bertz CT molecular complexity index is 889. The summed E-state index contributed by atoms with van der Waals surface area (Å²) in [6.07, 6.45) is 3.31. The van der Waals surface area contributed by atoms with Crippen LogP contribution in [-0.4, -0.2) is 49.6 Å². The highest BCUT2D eigenvalue weighted by molar-refractivity contribution is 6.02. The maximum atomic E-state index is 13.1. The zero-order valence-electron chi connectivity index (χ0n) is 14.7. The van der Waals surface area contributed by atoms with Crippen molar-refractivity contribution in [3.05, 3.63) is 48.2 Å². The fourth-order valence-electron chi connectivity index (χ4n) is 4.70. The molecule has 2 N–H and O–H groups in total. The van der Waals surface area contributed by atoms with Crippen molar-refractivity contribution in [3.63, 3.8) is 0 Å². The lowest BCUT2D eigenvalue weighted by molar-refractivity contribution is -0.149.